The van der Waals surface area contributed by atoms with Gasteiger partial charge < -0.3 is 9.15 Å². The van der Waals surface area contributed by atoms with Crippen LogP contribution in [0.15, 0.2) is 90.6 Å². The van der Waals surface area contributed by atoms with Crippen LogP contribution < -0.4 is 14.9 Å². The summed E-state index contributed by atoms with van der Waals surface area (Å²) in [6.45, 7) is 8.04. The van der Waals surface area contributed by atoms with Crippen LogP contribution in [0, 0.1) is 0 Å². The fraction of sp³-hybridized carbons (Fsp3) is 0.233. The summed E-state index contributed by atoms with van der Waals surface area (Å²) in [4.78, 5) is 32.0. The molecule has 194 valence electrons. The molecule has 0 bridgehead atoms. The Morgan fingerprint density at radius 3 is 2.50 bits per heavy atom. The van der Waals surface area contributed by atoms with Crippen molar-refractivity contribution in [3.63, 3.8) is 0 Å². The molecule has 2 aromatic carbocycles. The molecule has 0 fully saturated rings. The molecule has 3 heterocycles. The van der Waals surface area contributed by atoms with Gasteiger partial charge in [0.1, 0.15) is 11.5 Å². The van der Waals surface area contributed by atoms with Crippen molar-refractivity contribution in [1.29, 1.82) is 0 Å². The van der Waals surface area contributed by atoms with Crippen LogP contribution in [0.25, 0.3) is 17.4 Å². The van der Waals surface area contributed by atoms with Gasteiger partial charge in [0.25, 0.3) is 5.56 Å². The van der Waals surface area contributed by atoms with Crippen molar-refractivity contribution in [2.45, 2.75) is 39.7 Å². The third-order valence-corrected chi connectivity index (χ3v) is 7.98. The topological polar surface area (TPSA) is 73.8 Å². The summed E-state index contributed by atoms with van der Waals surface area (Å²) in [5.41, 5.74) is 3.63. The minimum absolute atomic E-state index is 0.234. The molecule has 0 spiro atoms. The van der Waals surface area contributed by atoms with E-state index in [1.54, 1.807) is 24.5 Å². The zero-order valence-corrected chi connectivity index (χ0v) is 23.9. The molecule has 0 aliphatic carbocycles. The summed E-state index contributed by atoms with van der Waals surface area (Å²) in [6.07, 6.45) is 1.73. The number of hydrogen-bond donors (Lipinski definition) is 0. The van der Waals surface area contributed by atoms with E-state index >= 15 is 0 Å². The van der Waals surface area contributed by atoms with Crippen molar-refractivity contribution in [3.05, 3.63) is 113 Å². The average molecular weight is 592 g/mol. The van der Waals surface area contributed by atoms with Crippen LogP contribution in [0.4, 0.5) is 0 Å². The van der Waals surface area contributed by atoms with Crippen LogP contribution in [-0.4, -0.2) is 17.1 Å². The maximum absolute atomic E-state index is 13.8. The number of esters is 1. The molecule has 0 amide bonds. The number of hydrogen-bond acceptors (Lipinski definition) is 6. The first-order valence-corrected chi connectivity index (χ1v) is 14.0. The molecule has 8 heteroatoms. The Balaban J connectivity index is 1.62. The second-order valence-corrected chi connectivity index (χ2v) is 11.3. The molecule has 4 aromatic rings. The van der Waals surface area contributed by atoms with E-state index in [-0.39, 0.29) is 12.2 Å². The largest absolute Gasteiger partial charge is 0.463 e. The molecule has 0 radical (unpaired) electrons. The van der Waals surface area contributed by atoms with Crippen molar-refractivity contribution in [3.8, 4) is 11.3 Å². The Labute approximate surface area is 232 Å². The lowest BCUT2D eigenvalue weighted by Crippen LogP contribution is -2.39. The molecule has 1 aliphatic rings. The summed E-state index contributed by atoms with van der Waals surface area (Å²) in [7, 11) is 0. The van der Waals surface area contributed by atoms with Gasteiger partial charge in [-0.1, -0.05) is 77.5 Å². The Kier molecular flexibility index (Phi) is 7.36. The Morgan fingerprint density at radius 2 is 1.84 bits per heavy atom. The molecule has 0 N–H and O–H groups in total. The standard InChI is InChI=1S/C30H27BrN2O4S/c1-5-36-29(35)26-18(4)32-30-33(27(26)21-8-6-19(7-9-21)17(2)3)28(34)25(38-30)16-23-14-15-24(37-23)20-10-12-22(31)13-11-20/h6-17,27H,5H2,1-4H3/b25-16-/t27-/m1/s1. The van der Waals surface area contributed by atoms with Gasteiger partial charge in [0.05, 0.1) is 28.5 Å². The van der Waals surface area contributed by atoms with Gasteiger partial charge in [0, 0.05) is 16.1 Å². The number of halogens is 1. The SMILES string of the molecule is CCOC(=O)C1=C(C)N=c2s/c(=C\c3ccc(-c4ccc(Br)cc4)o3)c(=O)n2[C@@H]1c1ccc(C(C)C)cc1. The summed E-state index contributed by atoms with van der Waals surface area (Å²) in [5, 5.41) is 0. The van der Waals surface area contributed by atoms with Crippen molar-refractivity contribution < 1.29 is 13.9 Å². The number of thiazole rings is 1. The zero-order valence-electron chi connectivity index (χ0n) is 21.5. The minimum atomic E-state index is -0.636. The third-order valence-electron chi connectivity index (χ3n) is 6.46. The van der Waals surface area contributed by atoms with Gasteiger partial charge in [-0.05, 0) is 55.2 Å². The van der Waals surface area contributed by atoms with E-state index < -0.39 is 12.0 Å². The molecule has 6 nitrogen and oxygen atoms in total. The van der Waals surface area contributed by atoms with Crippen LogP contribution >= 0.6 is 27.3 Å². The summed E-state index contributed by atoms with van der Waals surface area (Å²) < 4.78 is 14.5. The molecule has 1 atom stereocenters. The molecule has 1 aliphatic heterocycles. The number of carbonyl (C=O) groups is 1. The Morgan fingerprint density at radius 1 is 1.13 bits per heavy atom. The number of furan rings is 1. The average Bonchev–Trinajstić information content (AvgIpc) is 3.48. The van der Waals surface area contributed by atoms with Gasteiger partial charge in [-0.15, -0.1) is 0 Å². The summed E-state index contributed by atoms with van der Waals surface area (Å²) in [6, 6.07) is 19.0. The fourth-order valence-electron chi connectivity index (χ4n) is 4.50. The van der Waals surface area contributed by atoms with Crippen molar-refractivity contribution in [2.24, 2.45) is 4.99 Å². The molecule has 0 unspecified atom stereocenters. The van der Waals surface area contributed by atoms with Crippen LogP contribution in [0.5, 0.6) is 0 Å². The second kappa shape index (κ2) is 10.7. The molecule has 0 saturated carbocycles. The molecule has 2 aromatic heterocycles. The molecular weight excluding hydrogens is 564 g/mol. The van der Waals surface area contributed by atoms with Crippen LogP contribution in [0.2, 0.25) is 0 Å². The van der Waals surface area contributed by atoms with E-state index in [0.717, 1.165) is 15.6 Å². The number of aromatic nitrogens is 1. The second-order valence-electron chi connectivity index (χ2n) is 9.33. The first-order chi connectivity index (χ1) is 18.3. The zero-order chi connectivity index (χ0) is 27.0. The third kappa shape index (κ3) is 4.98. The lowest BCUT2D eigenvalue weighted by molar-refractivity contribution is -0.139. The molecule has 5 rings (SSSR count). The van der Waals surface area contributed by atoms with E-state index in [0.29, 0.717) is 38.0 Å². The highest BCUT2D eigenvalue weighted by Gasteiger charge is 2.33. The van der Waals surface area contributed by atoms with E-state index in [9.17, 15) is 9.59 Å². The molecular formula is C30H27BrN2O4S. The van der Waals surface area contributed by atoms with Crippen LogP contribution in [0.3, 0.4) is 0 Å². The molecule has 38 heavy (non-hydrogen) atoms. The van der Waals surface area contributed by atoms with Crippen molar-refractivity contribution in [1.82, 2.24) is 4.57 Å². The molecule has 0 saturated heterocycles. The van der Waals surface area contributed by atoms with Gasteiger partial charge in [-0.2, -0.15) is 0 Å². The number of fused-ring (bicyclic) bond motifs is 1. The fourth-order valence-corrected chi connectivity index (χ4v) is 5.79. The number of ether oxygens (including phenoxy) is 1. The predicted molar refractivity (Wildman–Crippen MR) is 153 cm³/mol. The number of carbonyl (C=O) groups excluding carboxylic acids is 1. The van der Waals surface area contributed by atoms with Gasteiger partial charge in [-0.25, -0.2) is 9.79 Å². The lowest BCUT2D eigenvalue weighted by atomic mass is 9.93. The van der Waals surface area contributed by atoms with E-state index in [1.165, 1.54) is 16.9 Å². The highest BCUT2D eigenvalue weighted by Crippen LogP contribution is 2.31. The van der Waals surface area contributed by atoms with E-state index in [2.05, 4.69) is 34.8 Å². The lowest BCUT2D eigenvalue weighted by Gasteiger charge is -2.25. The Hall–Kier alpha value is -3.49. The van der Waals surface area contributed by atoms with Gasteiger partial charge in [0.2, 0.25) is 0 Å². The summed E-state index contributed by atoms with van der Waals surface area (Å²) in [5.74, 6) is 1.17. The van der Waals surface area contributed by atoms with Crippen molar-refractivity contribution in [2.75, 3.05) is 6.61 Å². The number of benzene rings is 2. The minimum Gasteiger partial charge on any atom is -0.463 e. The predicted octanol–water partition coefficient (Wildman–Crippen LogP) is 5.94. The highest BCUT2D eigenvalue weighted by atomic mass is 79.9. The van der Waals surface area contributed by atoms with Gasteiger partial charge in [-0.3, -0.25) is 9.36 Å². The first kappa shape index (κ1) is 26.1. The van der Waals surface area contributed by atoms with Crippen LogP contribution in [-0.2, 0) is 9.53 Å². The first-order valence-electron chi connectivity index (χ1n) is 12.4. The van der Waals surface area contributed by atoms with E-state index in [1.807, 2.05) is 60.7 Å². The van der Waals surface area contributed by atoms with Gasteiger partial charge >= 0.3 is 5.97 Å². The number of rotatable bonds is 6. The smallest absolute Gasteiger partial charge is 0.338 e. The normalized spacial score (nSPS) is 15.5. The maximum atomic E-state index is 13.8. The van der Waals surface area contributed by atoms with E-state index in [4.69, 9.17) is 9.15 Å². The number of nitrogens with zero attached hydrogens (tertiary/aromatic N) is 2. The van der Waals surface area contributed by atoms with Gasteiger partial charge in [0.15, 0.2) is 4.80 Å². The highest BCUT2D eigenvalue weighted by molar-refractivity contribution is 9.10. The van der Waals surface area contributed by atoms with Crippen molar-refractivity contribution >= 4 is 39.3 Å². The Bertz CT molecular complexity index is 1710. The van der Waals surface area contributed by atoms with Crippen LogP contribution in [0.1, 0.15) is 56.5 Å². The summed E-state index contributed by atoms with van der Waals surface area (Å²) >= 11 is 4.72. The quantitative estimate of drug-likeness (QED) is 0.260. The maximum Gasteiger partial charge on any atom is 0.338 e. The number of allylic oxidation sites excluding steroid dienone is 1. The monoisotopic (exact) mass is 590 g/mol.